The van der Waals surface area contributed by atoms with Gasteiger partial charge in [0.1, 0.15) is 5.82 Å². The zero-order valence-electron chi connectivity index (χ0n) is 17.0. The van der Waals surface area contributed by atoms with Crippen molar-refractivity contribution < 1.29 is 4.79 Å². The minimum absolute atomic E-state index is 0.0625. The molecule has 160 valence electrons. The molecular formula is C22H24BrN7O. The van der Waals surface area contributed by atoms with Gasteiger partial charge in [0.25, 0.3) is 5.91 Å². The first kappa shape index (κ1) is 21.2. The van der Waals surface area contributed by atoms with Gasteiger partial charge in [0.05, 0.1) is 4.47 Å². The van der Waals surface area contributed by atoms with Crippen molar-refractivity contribution in [1.82, 2.24) is 25.2 Å². The molecule has 8 nitrogen and oxygen atoms in total. The van der Waals surface area contributed by atoms with Crippen LogP contribution in [-0.2, 0) is 0 Å². The fraction of sp³-hybridized carbons (Fsp3) is 0.273. The Labute approximate surface area is 189 Å². The summed E-state index contributed by atoms with van der Waals surface area (Å²) in [5.74, 6) is 1.66. The predicted molar refractivity (Wildman–Crippen MR) is 125 cm³/mol. The SMILES string of the molecule is O=C(NCCN1CCCC1)c1ccc(Nc2ncc(Br)c(Nc3ccccn3)n2)cc1. The lowest BCUT2D eigenvalue weighted by Crippen LogP contribution is -2.33. The standard InChI is InChI=1S/C22H24BrN7O/c23-18-15-26-22(29-20(18)28-19-5-1-2-10-24-19)27-17-8-6-16(7-9-17)21(31)25-11-14-30-12-3-4-13-30/h1-2,5-10,15H,3-4,11-14H2,(H,25,31)(H2,24,26,27,28,29). The van der Waals surface area contributed by atoms with E-state index in [9.17, 15) is 4.79 Å². The molecule has 31 heavy (non-hydrogen) atoms. The molecule has 3 heterocycles. The summed E-state index contributed by atoms with van der Waals surface area (Å²) < 4.78 is 0.727. The van der Waals surface area contributed by atoms with Crippen molar-refractivity contribution in [2.45, 2.75) is 12.8 Å². The number of halogens is 1. The van der Waals surface area contributed by atoms with Gasteiger partial charge in [-0.3, -0.25) is 4.79 Å². The molecule has 2 aromatic heterocycles. The molecule has 0 radical (unpaired) electrons. The summed E-state index contributed by atoms with van der Waals surface area (Å²) >= 11 is 3.45. The lowest BCUT2D eigenvalue weighted by atomic mass is 10.2. The van der Waals surface area contributed by atoms with E-state index < -0.39 is 0 Å². The van der Waals surface area contributed by atoms with E-state index in [1.165, 1.54) is 12.8 Å². The van der Waals surface area contributed by atoms with Crippen LogP contribution in [0.4, 0.5) is 23.3 Å². The molecule has 1 amide bonds. The third-order valence-electron chi connectivity index (χ3n) is 4.97. The fourth-order valence-electron chi connectivity index (χ4n) is 3.34. The van der Waals surface area contributed by atoms with E-state index in [-0.39, 0.29) is 5.91 Å². The Kier molecular flexibility index (Phi) is 7.06. The number of carbonyl (C=O) groups is 1. The van der Waals surface area contributed by atoms with E-state index in [1.807, 2.05) is 30.3 Å². The number of likely N-dealkylation sites (tertiary alicyclic amines) is 1. The van der Waals surface area contributed by atoms with Gasteiger partial charge >= 0.3 is 0 Å². The van der Waals surface area contributed by atoms with Gasteiger partial charge in [0, 0.05) is 36.7 Å². The lowest BCUT2D eigenvalue weighted by molar-refractivity contribution is 0.0950. The topological polar surface area (TPSA) is 95.1 Å². The molecule has 0 bridgehead atoms. The lowest BCUT2D eigenvalue weighted by Gasteiger charge is -2.14. The largest absolute Gasteiger partial charge is 0.351 e. The third kappa shape index (κ3) is 5.99. The number of carbonyl (C=O) groups excluding carboxylic acids is 1. The molecule has 0 unspecified atom stereocenters. The van der Waals surface area contributed by atoms with Crippen LogP contribution < -0.4 is 16.0 Å². The van der Waals surface area contributed by atoms with Crippen LogP contribution in [0.2, 0.25) is 0 Å². The number of benzene rings is 1. The van der Waals surface area contributed by atoms with Crippen molar-refractivity contribution in [1.29, 1.82) is 0 Å². The molecule has 1 aromatic carbocycles. The van der Waals surface area contributed by atoms with E-state index in [0.717, 1.165) is 29.8 Å². The van der Waals surface area contributed by atoms with Crippen molar-refractivity contribution in [2.75, 3.05) is 36.8 Å². The molecule has 1 aliphatic rings. The summed E-state index contributed by atoms with van der Waals surface area (Å²) in [6, 6.07) is 12.9. The second-order valence-corrected chi connectivity index (χ2v) is 8.09. The number of nitrogens with one attached hydrogen (secondary N) is 3. The van der Waals surface area contributed by atoms with E-state index in [4.69, 9.17) is 0 Å². The van der Waals surface area contributed by atoms with Crippen LogP contribution in [0.15, 0.2) is 59.3 Å². The van der Waals surface area contributed by atoms with Crippen LogP contribution in [0.5, 0.6) is 0 Å². The highest BCUT2D eigenvalue weighted by molar-refractivity contribution is 9.10. The van der Waals surface area contributed by atoms with Gasteiger partial charge in [-0.2, -0.15) is 4.98 Å². The highest BCUT2D eigenvalue weighted by Crippen LogP contribution is 2.24. The molecule has 9 heteroatoms. The fourth-order valence-corrected chi connectivity index (χ4v) is 3.63. The molecule has 0 aliphatic carbocycles. The zero-order valence-corrected chi connectivity index (χ0v) is 18.6. The van der Waals surface area contributed by atoms with Gasteiger partial charge < -0.3 is 20.9 Å². The average molecular weight is 482 g/mol. The molecule has 3 N–H and O–H groups in total. The third-order valence-corrected chi connectivity index (χ3v) is 5.55. The zero-order chi connectivity index (χ0) is 21.5. The van der Waals surface area contributed by atoms with Gasteiger partial charge in [-0.1, -0.05) is 6.07 Å². The Bertz CT molecular complexity index is 1010. The number of rotatable bonds is 8. The molecule has 1 fully saturated rings. The van der Waals surface area contributed by atoms with Gasteiger partial charge in [-0.05, 0) is 78.3 Å². The Hall–Kier alpha value is -3.04. The van der Waals surface area contributed by atoms with Gasteiger partial charge in [0.2, 0.25) is 5.95 Å². The first-order valence-electron chi connectivity index (χ1n) is 10.3. The van der Waals surface area contributed by atoms with Crippen LogP contribution in [0.3, 0.4) is 0 Å². The Balaban J connectivity index is 1.34. The van der Waals surface area contributed by atoms with Crippen LogP contribution >= 0.6 is 15.9 Å². The smallest absolute Gasteiger partial charge is 0.251 e. The maximum absolute atomic E-state index is 12.3. The average Bonchev–Trinajstić information content (AvgIpc) is 3.31. The Morgan fingerprint density at radius 2 is 1.84 bits per heavy atom. The highest BCUT2D eigenvalue weighted by Gasteiger charge is 2.12. The summed E-state index contributed by atoms with van der Waals surface area (Å²) in [6.07, 6.45) is 5.89. The number of hydrogen-bond donors (Lipinski definition) is 3. The number of pyridine rings is 1. The number of aromatic nitrogens is 3. The quantitative estimate of drug-likeness (QED) is 0.448. The van der Waals surface area contributed by atoms with Gasteiger partial charge in [-0.15, -0.1) is 0 Å². The highest BCUT2D eigenvalue weighted by atomic mass is 79.9. The number of anilines is 4. The monoisotopic (exact) mass is 481 g/mol. The molecule has 0 saturated carbocycles. The van der Waals surface area contributed by atoms with Crippen molar-refractivity contribution in [3.8, 4) is 0 Å². The summed E-state index contributed by atoms with van der Waals surface area (Å²) in [5, 5.41) is 9.31. The van der Waals surface area contributed by atoms with Crippen molar-refractivity contribution >= 4 is 45.1 Å². The van der Waals surface area contributed by atoms with E-state index in [1.54, 1.807) is 24.5 Å². The summed E-state index contributed by atoms with van der Waals surface area (Å²) in [7, 11) is 0. The van der Waals surface area contributed by atoms with E-state index in [2.05, 4.69) is 51.7 Å². The molecular weight excluding hydrogens is 458 g/mol. The maximum Gasteiger partial charge on any atom is 0.251 e. The number of amides is 1. The molecule has 4 rings (SSSR count). The van der Waals surface area contributed by atoms with Gasteiger partial charge in [-0.25, -0.2) is 9.97 Å². The first-order valence-corrected chi connectivity index (χ1v) is 11.0. The van der Waals surface area contributed by atoms with Crippen LogP contribution in [0.1, 0.15) is 23.2 Å². The van der Waals surface area contributed by atoms with E-state index in [0.29, 0.717) is 29.7 Å². The molecule has 1 aliphatic heterocycles. The Morgan fingerprint density at radius 1 is 1.03 bits per heavy atom. The summed E-state index contributed by atoms with van der Waals surface area (Å²) in [4.78, 5) is 27.8. The minimum atomic E-state index is -0.0625. The first-order chi connectivity index (χ1) is 15.2. The molecule has 0 spiro atoms. The summed E-state index contributed by atoms with van der Waals surface area (Å²) in [5.41, 5.74) is 1.42. The second-order valence-electron chi connectivity index (χ2n) is 7.24. The van der Waals surface area contributed by atoms with Crippen molar-refractivity contribution in [3.63, 3.8) is 0 Å². The normalized spacial score (nSPS) is 13.7. The van der Waals surface area contributed by atoms with Crippen LogP contribution in [-0.4, -0.2) is 51.9 Å². The van der Waals surface area contributed by atoms with Crippen LogP contribution in [0.25, 0.3) is 0 Å². The number of hydrogen-bond acceptors (Lipinski definition) is 7. The minimum Gasteiger partial charge on any atom is -0.351 e. The van der Waals surface area contributed by atoms with Crippen LogP contribution in [0, 0.1) is 0 Å². The van der Waals surface area contributed by atoms with Gasteiger partial charge in [0.15, 0.2) is 5.82 Å². The Morgan fingerprint density at radius 3 is 2.58 bits per heavy atom. The molecule has 1 saturated heterocycles. The van der Waals surface area contributed by atoms with Crippen molar-refractivity contribution in [3.05, 3.63) is 64.9 Å². The maximum atomic E-state index is 12.3. The molecule has 0 atom stereocenters. The summed E-state index contributed by atoms with van der Waals surface area (Å²) in [6.45, 7) is 3.83. The predicted octanol–water partition coefficient (Wildman–Crippen LogP) is 3.95. The van der Waals surface area contributed by atoms with E-state index >= 15 is 0 Å². The van der Waals surface area contributed by atoms with Crippen molar-refractivity contribution in [2.24, 2.45) is 0 Å². The molecule has 3 aromatic rings. The second kappa shape index (κ2) is 10.3. The number of nitrogens with zero attached hydrogens (tertiary/aromatic N) is 4.